The number of hydrogen-bond donors (Lipinski definition) is 0. The minimum Gasteiger partial charge on any atom is -0.468 e. The summed E-state index contributed by atoms with van der Waals surface area (Å²) in [7, 11) is 1.18. The Kier molecular flexibility index (Phi) is 6.45. The molecule has 0 aromatic heterocycles. The Morgan fingerprint density at radius 2 is 1.96 bits per heavy atom. The molecule has 0 radical (unpaired) electrons. The van der Waals surface area contributed by atoms with Gasteiger partial charge < -0.3 is 14.5 Å². The maximum atomic E-state index is 12.8. The van der Waals surface area contributed by atoms with Crippen LogP contribution in [0, 0.1) is 12.8 Å². The molecule has 0 saturated carbocycles. The van der Waals surface area contributed by atoms with Crippen LogP contribution in [0.3, 0.4) is 0 Å². The van der Waals surface area contributed by atoms with E-state index in [1.54, 1.807) is 12.1 Å². The molecule has 1 fully saturated rings. The standard InChI is InChI=1S/C18H21F3N2O4/c1-12-5-3-4-6-13(12)8-22(10-16(25)27-2)17(26)14-7-15(24)23(9-14)11-18(19,20)21/h3-6,14H,7-11H2,1-2H3. The molecule has 1 atom stereocenters. The zero-order valence-electron chi connectivity index (χ0n) is 15.1. The minimum atomic E-state index is -4.53. The zero-order valence-corrected chi connectivity index (χ0v) is 15.1. The number of benzene rings is 1. The molecule has 1 heterocycles. The fraction of sp³-hybridized carbons (Fsp3) is 0.500. The van der Waals surface area contributed by atoms with Crippen molar-refractivity contribution in [2.45, 2.75) is 26.1 Å². The molecule has 0 aliphatic carbocycles. The lowest BCUT2D eigenvalue weighted by molar-refractivity contribution is -0.157. The summed E-state index contributed by atoms with van der Waals surface area (Å²) in [5.74, 6) is -2.83. The van der Waals surface area contributed by atoms with Gasteiger partial charge in [0.05, 0.1) is 13.0 Å². The maximum Gasteiger partial charge on any atom is 0.406 e. The molecule has 9 heteroatoms. The summed E-state index contributed by atoms with van der Waals surface area (Å²) < 4.78 is 42.3. The van der Waals surface area contributed by atoms with Gasteiger partial charge in [0.25, 0.3) is 0 Å². The predicted molar refractivity (Wildman–Crippen MR) is 89.4 cm³/mol. The van der Waals surface area contributed by atoms with Crippen molar-refractivity contribution in [3.63, 3.8) is 0 Å². The van der Waals surface area contributed by atoms with Crippen LogP contribution in [0.1, 0.15) is 17.5 Å². The summed E-state index contributed by atoms with van der Waals surface area (Å²) in [5.41, 5.74) is 1.70. The normalized spacial score (nSPS) is 17.1. The van der Waals surface area contributed by atoms with E-state index in [2.05, 4.69) is 4.74 Å². The summed E-state index contributed by atoms with van der Waals surface area (Å²) in [5, 5.41) is 0. The Hall–Kier alpha value is -2.58. The third-order valence-electron chi connectivity index (χ3n) is 4.42. The average molecular weight is 386 g/mol. The zero-order chi connectivity index (χ0) is 20.2. The van der Waals surface area contributed by atoms with E-state index in [0.29, 0.717) is 4.90 Å². The summed E-state index contributed by atoms with van der Waals surface area (Å²) in [6.07, 6.45) is -4.83. The Bertz CT molecular complexity index is 721. The van der Waals surface area contributed by atoms with Crippen molar-refractivity contribution in [2.24, 2.45) is 5.92 Å². The van der Waals surface area contributed by atoms with Crippen LogP contribution in [-0.2, 0) is 25.7 Å². The van der Waals surface area contributed by atoms with Crippen LogP contribution >= 0.6 is 0 Å². The van der Waals surface area contributed by atoms with Gasteiger partial charge in [-0.1, -0.05) is 24.3 Å². The molecule has 1 aromatic rings. The molecule has 148 valence electrons. The first-order valence-corrected chi connectivity index (χ1v) is 8.35. The number of carbonyl (C=O) groups is 3. The van der Waals surface area contributed by atoms with Crippen LogP contribution in [0.2, 0.25) is 0 Å². The number of esters is 1. The first kappa shape index (κ1) is 20.7. The van der Waals surface area contributed by atoms with Gasteiger partial charge in [-0.15, -0.1) is 0 Å². The molecule has 0 spiro atoms. The molecule has 1 aliphatic rings. The molecule has 2 rings (SSSR count). The van der Waals surface area contributed by atoms with Gasteiger partial charge in [0.2, 0.25) is 11.8 Å². The Morgan fingerprint density at radius 1 is 1.30 bits per heavy atom. The largest absolute Gasteiger partial charge is 0.468 e. The van der Waals surface area contributed by atoms with Gasteiger partial charge in [-0.25, -0.2) is 0 Å². The number of rotatable bonds is 6. The van der Waals surface area contributed by atoms with Crippen LogP contribution in [-0.4, -0.2) is 60.5 Å². The highest BCUT2D eigenvalue weighted by Crippen LogP contribution is 2.26. The van der Waals surface area contributed by atoms with Gasteiger partial charge in [-0.2, -0.15) is 13.2 Å². The minimum absolute atomic E-state index is 0.102. The number of nitrogens with zero attached hydrogens (tertiary/aromatic N) is 2. The summed E-state index contributed by atoms with van der Waals surface area (Å²) in [4.78, 5) is 38.2. The topological polar surface area (TPSA) is 66.9 Å². The molecule has 27 heavy (non-hydrogen) atoms. The molecule has 1 unspecified atom stereocenters. The number of alkyl halides is 3. The molecule has 0 bridgehead atoms. The number of hydrogen-bond acceptors (Lipinski definition) is 4. The summed E-state index contributed by atoms with van der Waals surface area (Å²) >= 11 is 0. The van der Waals surface area contributed by atoms with E-state index in [-0.39, 0.29) is 26.1 Å². The van der Waals surface area contributed by atoms with Crippen molar-refractivity contribution < 1.29 is 32.3 Å². The van der Waals surface area contributed by atoms with Crippen molar-refractivity contribution in [2.75, 3.05) is 26.7 Å². The Labute approximate surface area is 154 Å². The number of ether oxygens (including phenoxy) is 1. The van der Waals surface area contributed by atoms with Gasteiger partial charge in [-0.05, 0) is 18.1 Å². The lowest BCUT2D eigenvalue weighted by Crippen LogP contribution is -2.41. The number of likely N-dealkylation sites (tertiary alicyclic amines) is 1. The second kappa shape index (κ2) is 8.41. The first-order valence-electron chi connectivity index (χ1n) is 8.35. The van der Waals surface area contributed by atoms with Crippen molar-refractivity contribution in [3.8, 4) is 0 Å². The van der Waals surface area contributed by atoms with E-state index < -0.39 is 36.4 Å². The van der Waals surface area contributed by atoms with E-state index in [0.717, 1.165) is 11.1 Å². The molecular formula is C18H21F3N2O4. The fourth-order valence-electron chi connectivity index (χ4n) is 2.99. The van der Waals surface area contributed by atoms with Crippen LogP contribution in [0.15, 0.2) is 24.3 Å². The van der Waals surface area contributed by atoms with Gasteiger partial charge in [-0.3, -0.25) is 14.4 Å². The molecule has 0 N–H and O–H groups in total. The highest BCUT2D eigenvalue weighted by atomic mass is 19.4. The number of carbonyl (C=O) groups excluding carboxylic acids is 3. The van der Waals surface area contributed by atoms with Crippen molar-refractivity contribution in [1.29, 1.82) is 0 Å². The molecular weight excluding hydrogens is 365 g/mol. The molecule has 1 aliphatic heterocycles. The summed E-state index contributed by atoms with van der Waals surface area (Å²) in [6, 6.07) is 7.26. The Morgan fingerprint density at radius 3 is 2.56 bits per heavy atom. The maximum absolute atomic E-state index is 12.8. The van der Waals surface area contributed by atoms with Crippen LogP contribution < -0.4 is 0 Å². The first-order chi connectivity index (χ1) is 12.6. The SMILES string of the molecule is COC(=O)CN(Cc1ccccc1C)C(=O)C1CC(=O)N(CC(F)(F)F)C1. The number of methoxy groups -OCH3 is 1. The van der Waals surface area contributed by atoms with E-state index in [9.17, 15) is 27.6 Å². The second-order valence-corrected chi connectivity index (χ2v) is 6.49. The van der Waals surface area contributed by atoms with Gasteiger partial charge >= 0.3 is 12.1 Å². The summed E-state index contributed by atoms with van der Waals surface area (Å²) in [6.45, 7) is -0.0917. The lowest BCUT2D eigenvalue weighted by Gasteiger charge is -2.25. The van der Waals surface area contributed by atoms with Crippen LogP contribution in [0.5, 0.6) is 0 Å². The van der Waals surface area contributed by atoms with Gasteiger partial charge in [0.15, 0.2) is 0 Å². The highest BCUT2D eigenvalue weighted by molar-refractivity contribution is 5.90. The van der Waals surface area contributed by atoms with E-state index in [1.807, 2.05) is 19.1 Å². The average Bonchev–Trinajstić information content (AvgIpc) is 2.94. The van der Waals surface area contributed by atoms with E-state index in [4.69, 9.17) is 0 Å². The fourth-order valence-corrected chi connectivity index (χ4v) is 2.99. The molecule has 1 aromatic carbocycles. The molecule has 2 amide bonds. The van der Waals surface area contributed by atoms with Crippen molar-refractivity contribution in [3.05, 3.63) is 35.4 Å². The monoisotopic (exact) mass is 386 g/mol. The van der Waals surface area contributed by atoms with Gasteiger partial charge in [0, 0.05) is 19.5 Å². The van der Waals surface area contributed by atoms with E-state index in [1.165, 1.54) is 12.0 Å². The number of amides is 2. The third kappa shape index (κ3) is 5.70. The quantitative estimate of drug-likeness (QED) is 0.701. The van der Waals surface area contributed by atoms with Crippen LogP contribution in [0.25, 0.3) is 0 Å². The van der Waals surface area contributed by atoms with Gasteiger partial charge in [0.1, 0.15) is 13.1 Å². The number of aryl methyl sites for hydroxylation is 1. The van der Waals surface area contributed by atoms with Crippen molar-refractivity contribution in [1.82, 2.24) is 9.80 Å². The molecule has 1 saturated heterocycles. The van der Waals surface area contributed by atoms with Crippen LogP contribution in [0.4, 0.5) is 13.2 Å². The van der Waals surface area contributed by atoms with E-state index >= 15 is 0 Å². The number of halogens is 3. The second-order valence-electron chi connectivity index (χ2n) is 6.49. The molecule has 6 nitrogen and oxygen atoms in total. The lowest BCUT2D eigenvalue weighted by atomic mass is 10.0. The predicted octanol–water partition coefficient (Wildman–Crippen LogP) is 1.91. The smallest absolute Gasteiger partial charge is 0.406 e. The van der Waals surface area contributed by atoms with Crippen molar-refractivity contribution >= 4 is 17.8 Å². The highest BCUT2D eigenvalue weighted by Gasteiger charge is 2.42. The third-order valence-corrected chi connectivity index (χ3v) is 4.42. The Balaban J connectivity index is 2.15.